The van der Waals surface area contributed by atoms with Crippen LogP contribution in [0.4, 0.5) is 0 Å². The second-order valence-electron chi connectivity index (χ2n) is 10.9. The van der Waals surface area contributed by atoms with Crippen LogP contribution in [0.3, 0.4) is 0 Å². The maximum absolute atomic E-state index is 11.5. The maximum atomic E-state index is 11.5. The molecule has 162 valence electrons. The second-order valence-corrected chi connectivity index (χ2v) is 10.9. The summed E-state index contributed by atoms with van der Waals surface area (Å²) in [5.41, 5.74) is 1.56. The fourth-order valence-electron chi connectivity index (χ4n) is 8.46. The molecule has 0 bridgehead atoms. The molecule has 0 radical (unpaired) electrons. The van der Waals surface area contributed by atoms with Crippen LogP contribution < -0.4 is 0 Å². The van der Waals surface area contributed by atoms with E-state index in [0.717, 1.165) is 32.1 Å². The van der Waals surface area contributed by atoms with Crippen molar-refractivity contribution in [2.24, 2.45) is 35.0 Å². The molecular formula is C24H36O5. The fraction of sp³-hybridized carbons (Fsp3) is 0.917. The average Bonchev–Trinajstić information content (AvgIpc) is 3.43. The number of fused-ring (bicyclic) bond motifs is 5. The lowest BCUT2D eigenvalue weighted by molar-refractivity contribution is -0.207. The third kappa shape index (κ3) is 2.70. The third-order valence-electron chi connectivity index (χ3n) is 9.76. The van der Waals surface area contributed by atoms with Crippen LogP contribution in [-0.2, 0) is 18.9 Å². The molecule has 0 amide bonds. The van der Waals surface area contributed by atoms with E-state index in [9.17, 15) is 5.11 Å². The van der Waals surface area contributed by atoms with Crippen molar-refractivity contribution in [3.05, 3.63) is 11.6 Å². The highest BCUT2D eigenvalue weighted by atomic mass is 16.7. The molecule has 0 aromatic heterocycles. The first-order valence-electron chi connectivity index (χ1n) is 11.9. The fourth-order valence-corrected chi connectivity index (χ4v) is 8.46. The summed E-state index contributed by atoms with van der Waals surface area (Å²) in [5.74, 6) is 1.72. The maximum Gasteiger partial charge on any atom is 0.172 e. The number of allylic oxidation sites excluding steroid dienone is 1. The molecule has 4 aliphatic carbocycles. The summed E-state index contributed by atoms with van der Waals surface area (Å²) in [7, 11) is 0. The predicted octanol–water partition coefficient (Wildman–Crippen LogP) is 3.65. The quantitative estimate of drug-likeness (QED) is 0.676. The molecule has 5 nitrogen and oxygen atoms in total. The Morgan fingerprint density at radius 1 is 0.897 bits per heavy atom. The molecule has 0 aromatic rings. The lowest BCUT2D eigenvalue weighted by Gasteiger charge is -2.58. The second kappa shape index (κ2) is 6.52. The Bertz CT molecular complexity index is 691. The van der Waals surface area contributed by atoms with Crippen molar-refractivity contribution in [3.8, 4) is 0 Å². The Morgan fingerprint density at radius 3 is 2.38 bits per heavy atom. The zero-order valence-corrected chi connectivity index (χ0v) is 17.9. The number of aliphatic hydroxyl groups is 1. The van der Waals surface area contributed by atoms with Gasteiger partial charge < -0.3 is 24.1 Å². The molecule has 1 spiro atoms. The van der Waals surface area contributed by atoms with Gasteiger partial charge in [0, 0.05) is 18.8 Å². The van der Waals surface area contributed by atoms with E-state index in [-0.39, 0.29) is 17.3 Å². The SMILES string of the molecule is CC1(C2CCC3C2C[C@H](O)C2C3CC=C3CC4(CCC32C)OCCO4)OCCO1. The molecule has 1 N–H and O–H groups in total. The van der Waals surface area contributed by atoms with Crippen LogP contribution in [0.2, 0.25) is 0 Å². The molecule has 6 unspecified atom stereocenters. The first-order valence-corrected chi connectivity index (χ1v) is 11.9. The van der Waals surface area contributed by atoms with Gasteiger partial charge in [-0.25, -0.2) is 0 Å². The van der Waals surface area contributed by atoms with Gasteiger partial charge in [-0.1, -0.05) is 18.6 Å². The molecule has 2 heterocycles. The normalized spacial score (nSPS) is 50.1. The van der Waals surface area contributed by atoms with Crippen molar-refractivity contribution in [1.29, 1.82) is 0 Å². The van der Waals surface area contributed by atoms with E-state index >= 15 is 0 Å². The van der Waals surface area contributed by atoms with Crippen molar-refractivity contribution >= 4 is 0 Å². The molecule has 6 aliphatic rings. The largest absolute Gasteiger partial charge is 0.393 e. The molecule has 2 saturated heterocycles. The van der Waals surface area contributed by atoms with Gasteiger partial charge >= 0.3 is 0 Å². The highest BCUT2D eigenvalue weighted by Gasteiger charge is 2.61. The first kappa shape index (κ1) is 19.2. The summed E-state index contributed by atoms with van der Waals surface area (Å²) in [6.07, 6.45) is 9.57. The molecule has 6 rings (SSSR count). The molecule has 5 heteroatoms. The van der Waals surface area contributed by atoms with Crippen LogP contribution in [-0.4, -0.2) is 49.2 Å². The van der Waals surface area contributed by atoms with E-state index in [4.69, 9.17) is 18.9 Å². The topological polar surface area (TPSA) is 57.2 Å². The minimum atomic E-state index is -0.445. The van der Waals surface area contributed by atoms with E-state index in [2.05, 4.69) is 19.9 Å². The molecule has 5 fully saturated rings. The molecule has 2 aliphatic heterocycles. The first-order chi connectivity index (χ1) is 13.9. The van der Waals surface area contributed by atoms with Gasteiger partial charge in [0.05, 0.1) is 32.5 Å². The number of hydrogen-bond acceptors (Lipinski definition) is 5. The lowest BCUT2D eigenvalue weighted by Crippen LogP contribution is -2.56. The highest BCUT2D eigenvalue weighted by molar-refractivity contribution is 5.27. The number of aliphatic hydroxyl groups excluding tert-OH is 1. The van der Waals surface area contributed by atoms with Gasteiger partial charge in [-0.3, -0.25) is 0 Å². The van der Waals surface area contributed by atoms with Crippen LogP contribution in [0, 0.1) is 35.0 Å². The summed E-state index contributed by atoms with van der Waals surface area (Å²) in [4.78, 5) is 0. The molecular weight excluding hydrogens is 368 g/mol. The summed E-state index contributed by atoms with van der Waals surface area (Å²) < 4.78 is 24.2. The van der Waals surface area contributed by atoms with Gasteiger partial charge in [0.15, 0.2) is 11.6 Å². The zero-order valence-electron chi connectivity index (χ0n) is 17.9. The predicted molar refractivity (Wildman–Crippen MR) is 107 cm³/mol. The van der Waals surface area contributed by atoms with E-state index in [1.807, 2.05) is 0 Å². The van der Waals surface area contributed by atoms with Crippen molar-refractivity contribution in [2.75, 3.05) is 26.4 Å². The Balaban J connectivity index is 1.29. The number of hydrogen-bond donors (Lipinski definition) is 1. The van der Waals surface area contributed by atoms with Gasteiger partial charge in [0.25, 0.3) is 0 Å². The van der Waals surface area contributed by atoms with Gasteiger partial charge in [-0.2, -0.15) is 0 Å². The van der Waals surface area contributed by atoms with Gasteiger partial charge in [-0.05, 0) is 68.1 Å². The third-order valence-corrected chi connectivity index (χ3v) is 9.76. The van der Waals surface area contributed by atoms with E-state index < -0.39 is 5.79 Å². The smallest absolute Gasteiger partial charge is 0.172 e. The summed E-state index contributed by atoms with van der Waals surface area (Å²) in [5, 5.41) is 11.5. The Hall–Kier alpha value is -0.460. The standard InChI is InChI=1S/C24H36O5/c1-22-7-8-24(28-11-12-29-24)14-15(22)3-4-17-16-5-6-19(23(2)26-9-10-27-23)18(16)13-20(25)21(17)22/h3,16-21,25H,4-14H2,1-2H3/t16?,17?,18?,19?,20-,21?,22?/m0/s1. The van der Waals surface area contributed by atoms with E-state index in [0.29, 0.717) is 56.0 Å². The van der Waals surface area contributed by atoms with Crippen LogP contribution in [0.25, 0.3) is 0 Å². The number of ether oxygens (including phenoxy) is 4. The van der Waals surface area contributed by atoms with E-state index in [1.165, 1.54) is 18.4 Å². The zero-order chi connectivity index (χ0) is 19.9. The van der Waals surface area contributed by atoms with Gasteiger partial charge in [-0.15, -0.1) is 0 Å². The lowest BCUT2D eigenvalue weighted by atomic mass is 9.49. The monoisotopic (exact) mass is 404 g/mol. The molecule has 7 atom stereocenters. The van der Waals surface area contributed by atoms with Gasteiger partial charge in [0.2, 0.25) is 0 Å². The highest BCUT2D eigenvalue weighted by Crippen LogP contribution is 2.64. The number of rotatable bonds is 1. The Morgan fingerprint density at radius 2 is 1.62 bits per heavy atom. The van der Waals surface area contributed by atoms with Crippen LogP contribution in [0.5, 0.6) is 0 Å². The summed E-state index contributed by atoms with van der Waals surface area (Å²) in [6.45, 7) is 7.38. The van der Waals surface area contributed by atoms with Crippen LogP contribution in [0.15, 0.2) is 11.6 Å². The molecule has 3 saturated carbocycles. The Kier molecular flexibility index (Phi) is 4.33. The van der Waals surface area contributed by atoms with Crippen molar-refractivity contribution < 1.29 is 24.1 Å². The van der Waals surface area contributed by atoms with Crippen molar-refractivity contribution in [1.82, 2.24) is 0 Å². The van der Waals surface area contributed by atoms with Crippen molar-refractivity contribution in [3.63, 3.8) is 0 Å². The van der Waals surface area contributed by atoms with E-state index in [1.54, 1.807) is 0 Å². The molecule has 0 aromatic carbocycles. The minimum Gasteiger partial charge on any atom is -0.393 e. The van der Waals surface area contributed by atoms with Gasteiger partial charge in [0.1, 0.15) is 0 Å². The Labute approximate surface area is 174 Å². The molecule has 29 heavy (non-hydrogen) atoms. The summed E-state index contributed by atoms with van der Waals surface area (Å²) in [6, 6.07) is 0. The van der Waals surface area contributed by atoms with Crippen LogP contribution >= 0.6 is 0 Å². The minimum absolute atomic E-state index is 0.0796. The van der Waals surface area contributed by atoms with Crippen LogP contribution in [0.1, 0.15) is 58.8 Å². The van der Waals surface area contributed by atoms with Crippen molar-refractivity contribution in [2.45, 2.75) is 76.5 Å². The average molecular weight is 405 g/mol. The summed E-state index contributed by atoms with van der Waals surface area (Å²) >= 11 is 0.